The highest BCUT2D eigenvalue weighted by molar-refractivity contribution is 6.20. The molecule has 8 rings (SSSR count). The Labute approximate surface area is 256 Å². The third-order valence-electron chi connectivity index (χ3n) is 8.92. The molecule has 0 aliphatic carbocycles. The molecule has 0 spiro atoms. The summed E-state index contributed by atoms with van der Waals surface area (Å²) in [5.41, 5.74) is 7.17. The van der Waals surface area contributed by atoms with Gasteiger partial charge in [0.1, 0.15) is 11.5 Å². The van der Waals surface area contributed by atoms with Gasteiger partial charge in [-0.05, 0) is 80.6 Å². The Morgan fingerprint density at radius 3 is 1.16 bits per heavy atom. The van der Waals surface area contributed by atoms with Crippen molar-refractivity contribution in [3.63, 3.8) is 0 Å². The second-order valence-electron chi connectivity index (χ2n) is 11.8. The van der Waals surface area contributed by atoms with Crippen LogP contribution in [0.15, 0.2) is 133 Å². The SMILES string of the molecule is Cc1ccc2ccc3cc(-c4ccccc4)c(-c4c(-c5ccccc5)cc5ccc6ccc(C)cc6c5c4O)c(O)c3c2c1. The Bertz CT molecular complexity index is 2230. The third-order valence-corrected chi connectivity index (χ3v) is 8.92. The van der Waals surface area contributed by atoms with Crippen LogP contribution in [0.3, 0.4) is 0 Å². The van der Waals surface area contributed by atoms with Crippen LogP contribution < -0.4 is 0 Å². The van der Waals surface area contributed by atoms with Crippen molar-refractivity contribution in [1.82, 2.24) is 0 Å². The van der Waals surface area contributed by atoms with E-state index in [2.05, 4.69) is 111 Å². The molecule has 0 aliphatic heterocycles. The number of phenols is 2. The molecule has 0 amide bonds. The van der Waals surface area contributed by atoms with Gasteiger partial charge in [0.2, 0.25) is 0 Å². The van der Waals surface area contributed by atoms with Crippen molar-refractivity contribution in [3.05, 3.63) is 145 Å². The Hall–Kier alpha value is -5.60. The van der Waals surface area contributed by atoms with E-state index in [0.29, 0.717) is 11.1 Å². The van der Waals surface area contributed by atoms with E-state index < -0.39 is 0 Å². The summed E-state index contributed by atoms with van der Waals surface area (Å²) in [4.78, 5) is 0. The first-order valence-corrected chi connectivity index (χ1v) is 15.0. The Morgan fingerprint density at radius 2 is 0.750 bits per heavy atom. The number of phenolic OH excluding ortho intramolecular Hbond substituents is 2. The van der Waals surface area contributed by atoms with Gasteiger partial charge in [-0.15, -0.1) is 0 Å². The summed E-state index contributed by atoms with van der Waals surface area (Å²) in [5.74, 6) is 0.335. The first-order chi connectivity index (χ1) is 21.5. The van der Waals surface area contributed by atoms with E-state index in [1.54, 1.807) is 0 Å². The average Bonchev–Trinajstić information content (AvgIpc) is 3.05. The summed E-state index contributed by atoms with van der Waals surface area (Å²) >= 11 is 0. The van der Waals surface area contributed by atoms with Gasteiger partial charge in [-0.1, -0.05) is 132 Å². The lowest BCUT2D eigenvalue weighted by Gasteiger charge is -2.22. The van der Waals surface area contributed by atoms with Crippen LogP contribution in [0.1, 0.15) is 11.1 Å². The highest BCUT2D eigenvalue weighted by Gasteiger charge is 2.25. The van der Waals surface area contributed by atoms with Crippen molar-refractivity contribution in [1.29, 1.82) is 0 Å². The van der Waals surface area contributed by atoms with E-state index in [9.17, 15) is 10.2 Å². The van der Waals surface area contributed by atoms with Crippen molar-refractivity contribution in [2.75, 3.05) is 0 Å². The zero-order valence-electron chi connectivity index (χ0n) is 24.6. The molecule has 0 atom stereocenters. The molecule has 0 saturated heterocycles. The molecule has 0 aliphatic rings. The zero-order valence-corrected chi connectivity index (χ0v) is 24.6. The highest BCUT2D eigenvalue weighted by Crippen LogP contribution is 2.53. The predicted octanol–water partition coefficient (Wildman–Crippen LogP) is 11.3. The van der Waals surface area contributed by atoms with Gasteiger partial charge in [-0.25, -0.2) is 0 Å². The molecule has 0 bridgehead atoms. The fourth-order valence-corrected chi connectivity index (χ4v) is 6.83. The molecule has 8 aromatic rings. The van der Waals surface area contributed by atoms with Gasteiger partial charge in [0.25, 0.3) is 0 Å². The maximum Gasteiger partial charge on any atom is 0.132 e. The molecule has 44 heavy (non-hydrogen) atoms. The van der Waals surface area contributed by atoms with E-state index in [1.165, 1.54) is 0 Å². The van der Waals surface area contributed by atoms with Crippen LogP contribution in [0.25, 0.3) is 76.5 Å². The Morgan fingerprint density at radius 1 is 0.386 bits per heavy atom. The van der Waals surface area contributed by atoms with Crippen LogP contribution >= 0.6 is 0 Å². The average molecular weight is 567 g/mol. The van der Waals surface area contributed by atoms with Gasteiger partial charge < -0.3 is 10.2 Å². The predicted molar refractivity (Wildman–Crippen MR) is 186 cm³/mol. The van der Waals surface area contributed by atoms with Gasteiger partial charge in [0, 0.05) is 21.9 Å². The lowest BCUT2D eigenvalue weighted by molar-refractivity contribution is 0.476. The molecule has 0 aromatic heterocycles. The second-order valence-corrected chi connectivity index (χ2v) is 11.8. The van der Waals surface area contributed by atoms with Crippen LogP contribution in [-0.4, -0.2) is 10.2 Å². The normalized spacial score (nSPS) is 11.6. The second kappa shape index (κ2) is 10.00. The van der Waals surface area contributed by atoms with E-state index in [0.717, 1.165) is 76.5 Å². The van der Waals surface area contributed by atoms with Crippen molar-refractivity contribution in [2.45, 2.75) is 13.8 Å². The van der Waals surface area contributed by atoms with Crippen molar-refractivity contribution < 1.29 is 10.2 Å². The van der Waals surface area contributed by atoms with Gasteiger partial charge in [-0.2, -0.15) is 0 Å². The zero-order chi connectivity index (χ0) is 29.9. The number of fused-ring (bicyclic) bond motifs is 6. The molecule has 2 N–H and O–H groups in total. The van der Waals surface area contributed by atoms with Gasteiger partial charge >= 0.3 is 0 Å². The first kappa shape index (κ1) is 26.1. The third kappa shape index (κ3) is 4.03. The lowest BCUT2D eigenvalue weighted by Crippen LogP contribution is -1.95. The molecule has 8 aromatic carbocycles. The Balaban J connectivity index is 1.62. The Kier molecular flexibility index (Phi) is 5.92. The summed E-state index contributed by atoms with van der Waals surface area (Å²) in [5, 5.41) is 32.7. The van der Waals surface area contributed by atoms with Crippen LogP contribution in [0, 0.1) is 13.8 Å². The van der Waals surface area contributed by atoms with Crippen LogP contribution in [0.4, 0.5) is 0 Å². The van der Waals surface area contributed by atoms with E-state index in [-0.39, 0.29) is 11.5 Å². The molecular weight excluding hydrogens is 536 g/mol. The molecule has 2 nitrogen and oxygen atoms in total. The quantitative estimate of drug-likeness (QED) is 0.209. The van der Waals surface area contributed by atoms with Crippen LogP contribution in [-0.2, 0) is 0 Å². The monoisotopic (exact) mass is 566 g/mol. The van der Waals surface area contributed by atoms with Gasteiger partial charge in [0.05, 0.1) is 0 Å². The fourth-order valence-electron chi connectivity index (χ4n) is 6.83. The molecule has 0 heterocycles. The minimum atomic E-state index is 0.167. The first-order valence-electron chi connectivity index (χ1n) is 15.0. The van der Waals surface area contributed by atoms with Crippen LogP contribution in [0.5, 0.6) is 11.5 Å². The number of rotatable bonds is 3. The molecular formula is C42H30O2. The molecule has 0 fully saturated rings. The molecule has 0 unspecified atom stereocenters. The van der Waals surface area contributed by atoms with E-state index >= 15 is 0 Å². The van der Waals surface area contributed by atoms with Crippen molar-refractivity contribution >= 4 is 43.1 Å². The molecule has 0 saturated carbocycles. The summed E-state index contributed by atoms with van der Waals surface area (Å²) < 4.78 is 0. The largest absolute Gasteiger partial charge is 0.507 e. The van der Waals surface area contributed by atoms with Crippen molar-refractivity contribution in [2.24, 2.45) is 0 Å². The number of aryl methyl sites for hydroxylation is 2. The smallest absolute Gasteiger partial charge is 0.132 e. The lowest BCUT2D eigenvalue weighted by atomic mass is 9.83. The van der Waals surface area contributed by atoms with E-state index in [1.807, 2.05) is 36.4 Å². The number of hydrogen-bond donors (Lipinski definition) is 2. The van der Waals surface area contributed by atoms with Gasteiger partial charge in [-0.3, -0.25) is 0 Å². The molecule has 210 valence electrons. The standard InChI is InChI=1S/C42H30O2/c1-25-13-15-29-17-19-31-23-35(27-9-5-3-6-10-27)39(41(43)37(31)33(29)21-25)40-36(28-11-7-4-8-12-28)24-32-20-18-30-16-14-26(2)22-34(30)38(32)42(40)44/h3-24,43-44H,1-2H3. The fraction of sp³-hybridized carbons (Fsp3) is 0.0476. The summed E-state index contributed by atoms with van der Waals surface area (Å²) in [7, 11) is 0. The van der Waals surface area contributed by atoms with E-state index in [4.69, 9.17) is 0 Å². The molecule has 0 radical (unpaired) electrons. The maximum atomic E-state index is 12.5. The number of aromatic hydroxyl groups is 2. The summed E-state index contributed by atoms with van der Waals surface area (Å²) in [6.45, 7) is 4.15. The molecule has 2 heteroatoms. The number of hydrogen-bond acceptors (Lipinski definition) is 2. The van der Waals surface area contributed by atoms with Crippen molar-refractivity contribution in [3.8, 4) is 44.9 Å². The maximum absolute atomic E-state index is 12.5. The van der Waals surface area contributed by atoms with Gasteiger partial charge in [0.15, 0.2) is 0 Å². The topological polar surface area (TPSA) is 40.5 Å². The van der Waals surface area contributed by atoms with Crippen LogP contribution in [0.2, 0.25) is 0 Å². The minimum Gasteiger partial charge on any atom is -0.507 e. The minimum absolute atomic E-state index is 0.167. The summed E-state index contributed by atoms with van der Waals surface area (Å²) in [6, 6.07) is 45.7. The summed E-state index contributed by atoms with van der Waals surface area (Å²) in [6.07, 6.45) is 0. The number of benzene rings is 8. The highest BCUT2D eigenvalue weighted by atomic mass is 16.3.